The van der Waals surface area contributed by atoms with Crippen molar-refractivity contribution in [2.24, 2.45) is 0 Å². The number of fused-ring (bicyclic) bond motifs is 1. The molecule has 0 radical (unpaired) electrons. The summed E-state index contributed by atoms with van der Waals surface area (Å²) >= 11 is 1.31. The molecular weight excluding hydrogens is 376 g/mol. The van der Waals surface area contributed by atoms with Crippen LogP contribution in [0.15, 0.2) is 54.6 Å². The van der Waals surface area contributed by atoms with Crippen molar-refractivity contribution in [3.63, 3.8) is 0 Å². The zero-order valence-electron chi connectivity index (χ0n) is 13.6. The second-order valence-corrected chi connectivity index (χ2v) is 8.78. The monoisotopic (exact) mass is 393 g/mol. The fraction of sp³-hybridized carbons (Fsp3) is 0.167. The maximum Gasteiger partial charge on any atom is 0.327 e. The van der Waals surface area contributed by atoms with Gasteiger partial charge in [0.25, 0.3) is 5.91 Å². The molecule has 1 aromatic heterocycles. The van der Waals surface area contributed by atoms with Gasteiger partial charge >= 0.3 is 7.60 Å². The molecular formula is C18H17FNO4PS. The number of halogens is 1. The Balaban J connectivity index is 1.79. The second kappa shape index (κ2) is 7.68. The quantitative estimate of drug-likeness (QED) is 0.559. The zero-order valence-corrected chi connectivity index (χ0v) is 15.3. The molecule has 0 fully saturated rings. The molecule has 3 N–H and O–H groups in total. The minimum Gasteiger partial charge on any atom is -0.348 e. The maximum absolute atomic E-state index is 13.4. The van der Waals surface area contributed by atoms with Gasteiger partial charge in [-0.2, -0.15) is 0 Å². The Hall–Kier alpha value is -2.05. The van der Waals surface area contributed by atoms with Crippen LogP contribution in [-0.4, -0.2) is 27.9 Å². The first-order valence-electron chi connectivity index (χ1n) is 7.88. The molecule has 0 saturated heterocycles. The summed E-state index contributed by atoms with van der Waals surface area (Å²) in [5.74, 6) is -0.839. The topological polar surface area (TPSA) is 86.6 Å². The fourth-order valence-electron chi connectivity index (χ4n) is 2.75. The highest BCUT2D eigenvalue weighted by molar-refractivity contribution is 7.51. The third-order valence-corrected chi connectivity index (χ3v) is 5.85. The lowest BCUT2D eigenvalue weighted by Gasteiger charge is -2.19. The zero-order chi connectivity index (χ0) is 18.7. The average Bonchev–Trinajstić information content (AvgIpc) is 2.97. The summed E-state index contributed by atoms with van der Waals surface area (Å²) in [6.07, 6.45) is -0.389. The molecule has 1 heterocycles. The summed E-state index contributed by atoms with van der Waals surface area (Å²) in [6, 6.07) is 14.2. The Morgan fingerprint density at radius 1 is 1.15 bits per heavy atom. The van der Waals surface area contributed by atoms with Crippen LogP contribution < -0.4 is 5.32 Å². The van der Waals surface area contributed by atoms with Gasteiger partial charge < -0.3 is 15.1 Å². The number of carbonyl (C=O) groups excluding carboxylic acids is 1. The summed E-state index contributed by atoms with van der Waals surface area (Å²) in [4.78, 5) is 31.6. The van der Waals surface area contributed by atoms with Gasteiger partial charge in [-0.05, 0) is 41.6 Å². The summed E-state index contributed by atoms with van der Waals surface area (Å²) in [5, 5.41) is 3.61. The van der Waals surface area contributed by atoms with Crippen molar-refractivity contribution in [1.82, 2.24) is 5.32 Å². The van der Waals surface area contributed by atoms with E-state index in [1.807, 2.05) is 24.3 Å². The minimum absolute atomic E-state index is 0.125. The lowest BCUT2D eigenvalue weighted by atomic mass is 10.1. The number of carbonyl (C=O) groups is 1. The highest BCUT2D eigenvalue weighted by Crippen LogP contribution is 2.36. The van der Waals surface area contributed by atoms with E-state index in [0.717, 1.165) is 10.1 Å². The van der Waals surface area contributed by atoms with Crippen molar-refractivity contribution in [2.45, 2.75) is 12.5 Å². The number of benzene rings is 2. The van der Waals surface area contributed by atoms with Gasteiger partial charge in [-0.3, -0.25) is 9.36 Å². The van der Waals surface area contributed by atoms with Gasteiger partial charge in [0.05, 0.1) is 11.0 Å². The van der Waals surface area contributed by atoms with E-state index in [0.29, 0.717) is 10.4 Å². The molecule has 0 aliphatic heterocycles. The maximum atomic E-state index is 13.4. The van der Waals surface area contributed by atoms with Crippen molar-refractivity contribution in [1.29, 1.82) is 0 Å². The number of thiophene rings is 1. The van der Waals surface area contributed by atoms with Gasteiger partial charge in [0.15, 0.2) is 0 Å². The van der Waals surface area contributed by atoms with E-state index in [-0.39, 0.29) is 6.42 Å². The summed E-state index contributed by atoms with van der Waals surface area (Å²) < 4.78 is 25.7. The third-order valence-electron chi connectivity index (χ3n) is 3.81. The first kappa shape index (κ1) is 18.7. The van der Waals surface area contributed by atoms with Crippen LogP contribution in [0.3, 0.4) is 0 Å². The normalized spacial score (nSPS) is 12.9. The predicted molar refractivity (Wildman–Crippen MR) is 100 cm³/mol. The van der Waals surface area contributed by atoms with Crippen molar-refractivity contribution in [3.8, 4) is 0 Å². The van der Waals surface area contributed by atoms with Crippen molar-refractivity contribution in [3.05, 3.63) is 70.9 Å². The lowest BCUT2D eigenvalue weighted by molar-refractivity contribution is 0.0944. The Kier molecular flexibility index (Phi) is 5.53. The van der Waals surface area contributed by atoms with E-state index >= 15 is 0 Å². The minimum atomic E-state index is -4.35. The van der Waals surface area contributed by atoms with Crippen LogP contribution in [0.5, 0.6) is 0 Å². The van der Waals surface area contributed by atoms with Crippen LogP contribution in [0.1, 0.15) is 15.2 Å². The van der Waals surface area contributed by atoms with E-state index in [9.17, 15) is 23.5 Å². The average molecular weight is 393 g/mol. The van der Waals surface area contributed by atoms with E-state index < -0.39 is 31.5 Å². The van der Waals surface area contributed by atoms with Crippen molar-refractivity contribution < 1.29 is 23.5 Å². The smallest absolute Gasteiger partial charge is 0.327 e. The number of hydrogen-bond donors (Lipinski definition) is 3. The third kappa shape index (κ3) is 4.99. The van der Waals surface area contributed by atoms with Gasteiger partial charge in [0, 0.05) is 10.7 Å². The number of amides is 1. The van der Waals surface area contributed by atoms with Crippen molar-refractivity contribution in [2.75, 3.05) is 6.16 Å². The molecule has 8 heteroatoms. The first-order valence-corrected chi connectivity index (χ1v) is 10.5. The molecule has 5 nitrogen and oxygen atoms in total. The van der Waals surface area contributed by atoms with Crippen LogP contribution in [0.25, 0.3) is 10.1 Å². The molecule has 1 atom stereocenters. The Labute approximate surface area is 153 Å². The van der Waals surface area contributed by atoms with E-state index in [1.54, 1.807) is 12.1 Å². The first-order chi connectivity index (χ1) is 12.3. The predicted octanol–water partition coefficient (Wildman–Crippen LogP) is 3.56. The molecule has 136 valence electrons. The van der Waals surface area contributed by atoms with E-state index in [1.165, 1.54) is 29.5 Å². The van der Waals surface area contributed by atoms with Crippen LogP contribution >= 0.6 is 18.9 Å². The highest BCUT2D eigenvalue weighted by atomic mass is 32.1. The molecule has 0 unspecified atom stereocenters. The van der Waals surface area contributed by atoms with E-state index in [2.05, 4.69) is 5.32 Å². The number of nitrogens with one attached hydrogen (secondary N) is 1. The molecule has 0 spiro atoms. The Bertz CT molecular complexity index is 951. The number of hydrogen-bond acceptors (Lipinski definition) is 3. The van der Waals surface area contributed by atoms with Gasteiger partial charge in [-0.1, -0.05) is 30.3 Å². The molecule has 1 amide bonds. The van der Waals surface area contributed by atoms with Crippen LogP contribution in [0.2, 0.25) is 0 Å². The molecule has 0 saturated carbocycles. The lowest BCUT2D eigenvalue weighted by Crippen LogP contribution is -2.38. The standard InChI is InChI=1S/C18H17FNO4PS/c19-14-6-3-4-12(8-14)9-15(11-25(22,23)24)20-18(21)17-10-13-5-1-2-7-16(13)26-17/h1-8,10,15H,9,11H2,(H,20,21)(H2,22,23,24)/t15-/m1/s1. The molecule has 0 aliphatic rings. The van der Waals surface area contributed by atoms with Crippen molar-refractivity contribution >= 4 is 34.9 Å². The largest absolute Gasteiger partial charge is 0.348 e. The van der Waals surface area contributed by atoms with Crippen LogP contribution in [-0.2, 0) is 11.0 Å². The summed E-state index contributed by atoms with van der Waals surface area (Å²) in [7, 11) is -4.35. The Morgan fingerprint density at radius 2 is 1.92 bits per heavy atom. The summed E-state index contributed by atoms with van der Waals surface area (Å²) in [5.41, 5.74) is 0.556. The molecule has 26 heavy (non-hydrogen) atoms. The molecule has 3 rings (SSSR count). The fourth-order valence-corrected chi connectivity index (χ4v) is 4.51. The van der Waals surface area contributed by atoms with Gasteiger partial charge in [0.2, 0.25) is 0 Å². The molecule has 0 bridgehead atoms. The van der Waals surface area contributed by atoms with Crippen LogP contribution in [0, 0.1) is 5.82 Å². The van der Waals surface area contributed by atoms with Crippen LogP contribution in [0.4, 0.5) is 4.39 Å². The van der Waals surface area contributed by atoms with Gasteiger partial charge in [0.1, 0.15) is 5.82 Å². The highest BCUT2D eigenvalue weighted by Gasteiger charge is 2.24. The van der Waals surface area contributed by atoms with E-state index in [4.69, 9.17) is 0 Å². The SMILES string of the molecule is O=C(N[C@H](Cc1cccc(F)c1)CP(=O)(O)O)c1cc2ccccc2s1. The summed E-state index contributed by atoms with van der Waals surface area (Å²) in [6.45, 7) is 0. The number of rotatable bonds is 6. The molecule has 2 aromatic carbocycles. The Morgan fingerprint density at radius 3 is 2.62 bits per heavy atom. The molecule has 3 aromatic rings. The van der Waals surface area contributed by atoms with Gasteiger partial charge in [-0.25, -0.2) is 4.39 Å². The second-order valence-electron chi connectivity index (χ2n) is 6.00. The molecule has 0 aliphatic carbocycles. The van der Waals surface area contributed by atoms with Gasteiger partial charge in [-0.15, -0.1) is 11.3 Å².